The largest absolute Gasteiger partial charge is 0.489 e. The molecule has 0 saturated heterocycles. The first-order chi connectivity index (χ1) is 15.8. The minimum Gasteiger partial charge on any atom is -0.489 e. The molecule has 1 N–H and O–H groups in total. The molecule has 0 spiro atoms. The van der Waals surface area contributed by atoms with Crippen molar-refractivity contribution in [1.82, 2.24) is 0 Å². The number of ketones is 1. The summed E-state index contributed by atoms with van der Waals surface area (Å²) >= 11 is 0. The van der Waals surface area contributed by atoms with Crippen LogP contribution < -0.4 is 10.1 Å². The average Bonchev–Trinajstić information content (AvgIpc) is 3.23. The quantitative estimate of drug-likeness (QED) is 0.248. The van der Waals surface area contributed by atoms with E-state index >= 15 is 0 Å². The summed E-state index contributed by atoms with van der Waals surface area (Å²) in [6, 6.07) is 24.7. The molecule has 4 aromatic rings. The fourth-order valence-corrected chi connectivity index (χ4v) is 3.23. The molecule has 166 valence electrons. The lowest BCUT2D eigenvalue weighted by molar-refractivity contribution is 0.101. The summed E-state index contributed by atoms with van der Waals surface area (Å²) in [5.41, 5.74) is 2.99. The van der Waals surface area contributed by atoms with Gasteiger partial charge in [-0.1, -0.05) is 56.3 Å². The van der Waals surface area contributed by atoms with Gasteiger partial charge < -0.3 is 19.2 Å². The van der Waals surface area contributed by atoms with Crippen LogP contribution >= 0.6 is 0 Å². The Kier molecular flexibility index (Phi) is 8.46. The van der Waals surface area contributed by atoms with Crippen molar-refractivity contribution in [3.05, 3.63) is 95.7 Å². The topological polar surface area (TPSA) is 60.7 Å². The second-order valence-corrected chi connectivity index (χ2v) is 6.85. The molecule has 4 rings (SSSR count). The normalized spacial score (nSPS) is 10.3. The lowest BCUT2D eigenvalue weighted by Crippen LogP contribution is -2.10. The lowest BCUT2D eigenvalue weighted by atomic mass is 10.1. The molecule has 1 aromatic heterocycles. The number of benzene rings is 3. The summed E-state index contributed by atoms with van der Waals surface area (Å²) in [4.78, 5) is 13.2. The smallest absolute Gasteiger partial charge is 0.230 e. The Morgan fingerprint density at radius 1 is 0.906 bits per heavy atom. The van der Waals surface area contributed by atoms with Gasteiger partial charge in [0.15, 0.2) is 5.76 Å². The Hall–Kier alpha value is -3.57. The van der Waals surface area contributed by atoms with Crippen LogP contribution in [0.1, 0.15) is 35.5 Å². The average molecular weight is 432 g/mol. The second-order valence-electron chi connectivity index (χ2n) is 6.85. The van der Waals surface area contributed by atoms with Crippen molar-refractivity contribution in [2.75, 3.05) is 25.6 Å². The first-order valence-electron chi connectivity index (χ1n) is 10.8. The van der Waals surface area contributed by atoms with E-state index in [2.05, 4.69) is 5.32 Å². The van der Waals surface area contributed by atoms with Crippen LogP contribution in [-0.2, 0) is 11.3 Å². The number of fused-ring (bicyclic) bond motifs is 1. The van der Waals surface area contributed by atoms with Crippen molar-refractivity contribution in [3.63, 3.8) is 0 Å². The van der Waals surface area contributed by atoms with Gasteiger partial charge in [-0.25, -0.2) is 0 Å². The van der Waals surface area contributed by atoms with Gasteiger partial charge >= 0.3 is 0 Å². The fourth-order valence-electron chi connectivity index (χ4n) is 3.23. The summed E-state index contributed by atoms with van der Waals surface area (Å²) in [6.45, 7) is 5.58. The molecule has 5 heteroatoms. The fraction of sp³-hybridized carbons (Fsp3) is 0.222. The van der Waals surface area contributed by atoms with E-state index in [1.54, 1.807) is 31.4 Å². The van der Waals surface area contributed by atoms with Crippen molar-refractivity contribution >= 4 is 22.4 Å². The van der Waals surface area contributed by atoms with E-state index in [4.69, 9.17) is 13.9 Å². The summed E-state index contributed by atoms with van der Waals surface area (Å²) in [5, 5.41) is 4.15. The number of nitrogens with one attached hydrogen (secondary N) is 1. The Morgan fingerprint density at radius 2 is 1.59 bits per heavy atom. The Labute approximate surface area is 189 Å². The van der Waals surface area contributed by atoms with E-state index in [9.17, 15) is 4.79 Å². The number of furan rings is 1. The number of carbonyl (C=O) groups excluding carboxylic acids is 1. The molecule has 0 aliphatic heterocycles. The van der Waals surface area contributed by atoms with Crippen LogP contribution in [0, 0.1) is 0 Å². The predicted octanol–water partition coefficient (Wildman–Crippen LogP) is 6.33. The molecule has 32 heavy (non-hydrogen) atoms. The van der Waals surface area contributed by atoms with Gasteiger partial charge in [0.2, 0.25) is 5.78 Å². The van der Waals surface area contributed by atoms with E-state index in [1.807, 2.05) is 68.4 Å². The van der Waals surface area contributed by atoms with Gasteiger partial charge in [0.1, 0.15) is 17.9 Å². The number of rotatable bonds is 9. The molecule has 0 amide bonds. The highest BCUT2D eigenvalue weighted by Crippen LogP contribution is 2.32. The molecular weight excluding hydrogens is 402 g/mol. The number of methoxy groups -OCH3 is 1. The highest BCUT2D eigenvalue weighted by atomic mass is 16.5. The summed E-state index contributed by atoms with van der Waals surface area (Å²) < 4.78 is 16.8. The van der Waals surface area contributed by atoms with Gasteiger partial charge in [-0.15, -0.1) is 0 Å². The molecule has 5 nitrogen and oxygen atoms in total. The summed E-state index contributed by atoms with van der Waals surface area (Å²) in [6.07, 6.45) is 0. The number of anilines is 1. The van der Waals surface area contributed by atoms with Gasteiger partial charge in [0, 0.05) is 24.6 Å². The first kappa shape index (κ1) is 23.1. The Bertz CT molecular complexity index is 1120. The summed E-state index contributed by atoms with van der Waals surface area (Å²) in [5.74, 6) is 0.824. The van der Waals surface area contributed by atoms with Crippen LogP contribution in [0.15, 0.2) is 83.3 Å². The van der Waals surface area contributed by atoms with Crippen molar-refractivity contribution in [2.24, 2.45) is 0 Å². The maximum atomic E-state index is 13.2. The number of ether oxygens (including phenoxy) is 2. The number of hydrogen-bond acceptors (Lipinski definition) is 5. The Balaban J connectivity index is 0.00000141. The van der Waals surface area contributed by atoms with Crippen LogP contribution in [-0.4, -0.2) is 26.0 Å². The standard InChI is InChI=1S/C25H23NO4.C2H6/c1-28-16-15-26-23-21-9-5-6-10-22(21)30-25(23)24(27)19-11-13-20(14-12-19)29-17-18-7-3-2-4-8-18;1-2/h2-14,26H,15-17H2,1H3;1-2H3. The number of hydrogen-bond donors (Lipinski definition) is 1. The minimum absolute atomic E-state index is 0.180. The molecule has 0 radical (unpaired) electrons. The molecular formula is C27H29NO4. The summed E-state index contributed by atoms with van der Waals surface area (Å²) in [7, 11) is 1.64. The van der Waals surface area contributed by atoms with Gasteiger partial charge in [-0.2, -0.15) is 0 Å². The zero-order chi connectivity index (χ0) is 22.8. The van der Waals surface area contributed by atoms with Crippen molar-refractivity contribution < 1.29 is 18.7 Å². The minimum atomic E-state index is -0.180. The number of para-hydroxylation sites is 1. The molecule has 0 aliphatic rings. The molecule has 0 unspecified atom stereocenters. The SMILES string of the molecule is CC.COCCNc1c(C(=O)c2ccc(OCc3ccccc3)cc2)oc2ccccc12. The molecule has 0 aliphatic carbocycles. The van der Waals surface area contributed by atoms with E-state index in [-0.39, 0.29) is 5.78 Å². The predicted molar refractivity (Wildman–Crippen MR) is 129 cm³/mol. The zero-order valence-corrected chi connectivity index (χ0v) is 18.8. The van der Waals surface area contributed by atoms with Gasteiger partial charge in [0.25, 0.3) is 0 Å². The van der Waals surface area contributed by atoms with E-state index < -0.39 is 0 Å². The van der Waals surface area contributed by atoms with Crippen molar-refractivity contribution in [2.45, 2.75) is 20.5 Å². The van der Waals surface area contributed by atoms with Gasteiger partial charge in [0.05, 0.1) is 12.3 Å². The maximum Gasteiger partial charge on any atom is 0.230 e. The van der Waals surface area contributed by atoms with E-state index in [1.165, 1.54) is 0 Å². The van der Waals surface area contributed by atoms with Gasteiger partial charge in [-0.05, 0) is 42.0 Å². The monoisotopic (exact) mass is 431 g/mol. The van der Waals surface area contributed by atoms with Crippen LogP contribution in [0.5, 0.6) is 5.75 Å². The van der Waals surface area contributed by atoms with E-state index in [0.29, 0.717) is 48.1 Å². The highest BCUT2D eigenvalue weighted by molar-refractivity contribution is 6.14. The number of carbonyl (C=O) groups is 1. The maximum absolute atomic E-state index is 13.2. The highest BCUT2D eigenvalue weighted by Gasteiger charge is 2.21. The molecule has 1 heterocycles. The molecule has 0 fully saturated rings. The molecule has 0 atom stereocenters. The molecule has 0 bridgehead atoms. The van der Waals surface area contributed by atoms with Crippen LogP contribution in [0.4, 0.5) is 5.69 Å². The zero-order valence-electron chi connectivity index (χ0n) is 18.8. The second kappa shape index (κ2) is 11.7. The third kappa shape index (κ3) is 5.56. The van der Waals surface area contributed by atoms with Gasteiger partial charge in [-0.3, -0.25) is 4.79 Å². The van der Waals surface area contributed by atoms with Crippen LogP contribution in [0.2, 0.25) is 0 Å². The first-order valence-corrected chi connectivity index (χ1v) is 10.8. The molecule has 0 saturated carbocycles. The van der Waals surface area contributed by atoms with E-state index in [0.717, 1.165) is 10.9 Å². The van der Waals surface area contributed by atoms with Crippen molar-refractivity contribution in [1.29, 1.82) is 0 Å². The van der Waals surface area contributed by atoms with Crippen molar-refractivity contribution in [3.8, 4) is 5.75 Å². The lowest BCUT2D eigenvalue weighted by Gasteiger charge is -2.08. The third-order valence-electron chi connectivity index (χ3n) is 4.77. The Morgan fingerprint density at radius 3 is 2.31 bits per heavy atom. The van der Waals surface area contributed by atoms with Crippen LogP contribution in [0.25, 0.3) is 11.0 Å². The molecule has 3 aromatic carbocycles. The van der Waals surface area contributed by atoms with Crippen LogP contribution in [0.3, 0.4) is 0 Å². The third-order valence-corrected chi connectivity index (χ3v) is 4.77.